The van der Waals surface area contributed by atoms with Crippen molar-refractivity contribution in [3.63, 3.8) is 0 Å². The second-order valence-corrected chi connectivity index (χ2v) is 3.28. The lowest BCUT2D eigenvalue weighted by atomic mass is 10.0. The maximum absolute atomic E-state index is 11.5. The molecule has 2 N–H and O–H groups in total. The van der Waals surface area contributed by atoms with E-state index in [9.17, 15) is 4.79 Å². The van der Waals surface area contributed by atoms with Crippen LogP contribution in [0.3, 0.4) is 0 Å². The zero-order valence-corrected chi connectivity index (χ0v) is 8.50. The standard InChI is InChI=1S/C9H20N2O/c1-5-11(6-2)9(12)8(10)7(3)4/h7-8H,5-6,10H2,1-4H3. The summed E-state index contributed by atoms with van der Waals surface area (Å²) in [5, 5.41) is 0. The van der Waals surface area contributed by atoms with Crippen LogP contribution in [-0.2, 0) is 4.79 Å². The topological polar surface area (TPSA) is 46.3 Å². The first-order chi connectivity index (χ1) is 5.54. The quantitative estimate of drug-likeness (QED) is 0.683. The van der Waals surface area contributed by atoms with Crippen LogP contribution in [0.25, 0.3) is 0 Å². The Morgan fingerprint density at radius 3 is 2.00 bits per heavy atom. The Balaban J connectivity index is 4.16. The van der Waals surface area contributed by atoms with E-state index in [0.29, 0.717) is 0 Å². The van der Waals surface area contributed by atoms with Gasteiger partial charge in [0.1, 0.15) is 0 Å². The molecular weight excluding hydrogens is 152 g/mol. The van der Waals surface area contributed by atoms with Crippen molar-refractivity contribution >= 4 is 5.91 Å². The van der Waals surface area contributed by atoms with Gasteiger partial charge in [-0.3, -0.25) is 4.79 Å². The molecule has 0 aliphatic rings. The summed E-state index contributed by atoms with van der Waals surface area (Å²) in [6, 6.07) is -0.343. The molecule has 0 aromatic carbocycles. The molecule has 0 aliphatic carbocycles. The van der Waals surface area contributed by atoms with Gasteiger partial charge in [-0.1, -0.05) is 13.8 Å². The van der Waals surface area contributed by atoms with E-state index in [-0.39, 0.29) is 17.9 Å². The molecule has 0 heterocycles. The highest BCUT2D eigenvalue weighted by Gasteiger charge is 2.20. The first-order valence-electron chi connectivity index (χ1n) is 4.58. The van der Waals surface area contributed by atoms with Crippen molar-refractivity contribution in [2.45, 2.75) is 33.7 Å². The summed E-state index contributed by atoms with van der Waals surface area (Å²) < 4.78 is 0. The van der Waals surface area contributed by atoms with Crippen molar-refractivity contribution in [1.29, 1.82) is 0 Å². The van der Waals surface area contributed by atoms with Crippen LogP contribution in [0.4, 0.5) is 0 Å². The molecule has 1 amide bonds. The fraction of sp³-hybridized carbons (Fsp3) is 0.889. The van der Waals surface area contributed by atoms with E-state index in [1.807, 2.05) is 27.7 Å². The van der Waals surface area contributed by atoms with Gasteiger partial charge in [-0.25, -0.2) is 0 Å². The maximum atomic E-state index is 11.5. The lowest BCUT2D eigenvalue weighted by Crippen LogP contribution is -2.46. The number of hydrogen-bond acceptors (Lipinski definition) is 2. The largest absolute Gasteiger partial charge is 0.342 e. The van der Waals surface area contributed by atoms with Gasteiger partial charge in [0.2, 0.25) is 5.91 Å². The van der Waals surface area contributed by atoms with Crippen LogP contribution in [-0.4, -0.2) is 29.9 Å². The number of carbonyl (C=O) groups excluding carboxylic acids is 1. The zero-order valence-electron chi connectivity index (χ0n) is 8.50. The van der Waals surface area contributed by atoms with Crippen LogP contribution in [0.2, 0.25) is 0 Å². The van der Waals surface area contributed by atoms with E-state index in [0.717, 1.165) is 13.1 Å². The summed E-state index contributed by atoms with van der Waals surface area (Å²) in [7, 11) is 0. The smallest absolute Gasteiger partial charge is 0.239 e. The number of carbonyl (C=O) groups is 1. The van der Waals surface area contributed by atoms with Crippen LogP contribution < -0.4 is 5.73 Å². The molecule has 0 spiro atoms. The lowest BCUT2D eigenvalue weighted by Gasteiger charge is -2.24. The first-order valence-corrected chi connectivity index (χ1v) is 4.58. The predicted molar refractivity (Wildman–Crippen MR) is 50.7 cm³/mol. The average Bonchev–Trinajstić information content (AvgIpc) is 2.05. The van der Waals surface area contributed by atoms with Gasteiger partial charge < -0.3 is 10.6 Å². The first kappa shape index (κ1) is 11.4. The minimum atomic E-state index is -0.343. The third-order valence-electron chi connectivity index (χ3n) is 2.08. The molecular formula is C9H20N2O. The number of nitrogens with zero attached hydrogens (tertiary/aromatic N) is 1. The molecule has 0 saturated carbocycles. The van der Waals surface area contributed by atoms with Crippen LogP contribution >= 0.6 is 0 Å². The summed E-state index contributed by atoms with van der Waals surface area (Å²) in [5.74, 6) is 0.285. The van der Waals surface area contributed by atoms with E-state index < -0.39 is 0 Å². The predicted octanol–water partition coefficient (Wildman–Crippen LogP) is 0.838. The van der Waals surface area contributed by atoms with E-state index in [2.05, 4.69) is 0 Å². The fourth-order valence-corrected chi connectivity index (χ4v) is 1.03. The van der Waals surface area contributed by atoms with Crippen LogP contribution in [0.15, 0.2) is 0 Å². The molecule has 12 heavy (non-hydrogen) atoms. The highest BCUT2D eigenvalue weighted by molar-refractivity contribution is 5.81. The molecule has 1 unspecified atom stereocenters. The number of likely N-dealkylation sites (N-methyl/N-ethyl adjacent to an activating group) is 1. The summed E-state index contributed by atoms with van der Waals surface area (Å²) in [6.07, 6.45) is 0. The second-order valence-electron chi connectivity index (χ2n) is 3.28. The third-order valence-corrected chi connectivity index (χ3v) is 2.08. The molecule has 0 fully saturated rings. The zero-order chi connectivity index (χ0) is 9.72. The highest BCUT2D eigenvalue weighted by atomic mass is 16.2. The minimum Gasteiger partial charge on any atom is -0.342 e. The molecule has 0 radical (unpaired) electrons. The summed E-state index contributed by atoms with van der Waals surface area (Å²) >= 11 is 0. The van der Waals surface area contributed by atoms with E-state index in [1.54, 1.807) is 4.90 Å². The Morgan fingerprint density at radius 2 is 1.75 bits per heavy atom. The lowest BCUT2D eigenvalue weighted by molar-refractivity contribution is -0.133. The molecule has 0 saturated heterocycles. The maximum Gasteiger partial charge on any atom is 0.239 e. The van der Waals surface area contributed by atoms with Crippen molar-refractivity contribution in [2.75, 3.05) is 13.1 Å². The normalized spacial score (nSPS) is 13.2. The summed E-state index contributed by atoms with van der Waals surface area (Å²) in [6.45, 7) is 9.35. The van der Waals surface area contributed by atoms with Gasteiger partial charge in [0, 0.05) is 13.1 Å². The molecule has 0 bridgehead atoms. The van der Waals surface area contributed by atoms with E-state index in [4.69, 9.17) is 5.73 Å². The van der Waals surface area contributed by atoms with Crippen molar-refractivity contribution in [3.8, 4) is 0 Å². The van der Waals surface area contributed by atoms with Crippen molar-refractivity contribution < 1.29 is 4.79 Å². The van der Waals surface area contributed by atoms with Gasteiger partial charge in [-0.15, -0.1) is 0 Å². The van der Waals surface area contributed by atoms with Gasteiger partial charge in [-0.05, 0) is 19.8 Å². The summed E-state index contributed by atoms with van der Waals surface area (Å²) in [5.41, 5.74) is 5.72. The van der Waals surface area contributed by atoms with Gasteiger partial charge in [0.05, 0.1) is 6.04 Å². The molecule has 0 aliphatic heterocycles. The Hall–Kier alpha value is -0.570. The monoisotopic (exact) mass is 172 g/mol. The molecule has 3 nitrogen and oxygen atoms in total. The number of nitrogens with two attached hydrogens (primary N) is 1. The SMILES string of the molecule is CCN(CC)C(=O)C(N)C(C)C. The van der Waals surface area contributed by atoms with E-state index in [1.165, 1.54) is 0 Å². The number of rotatable bonds is 4. The van der Waals surface area contributed by atoms with Gasteiger partial charge >= 0.3 is 0 Å². The van der Waals surface area contributed by atoms with Crippen LogP contribution in [0, 0.1) is 5.92 Å². The molecule has 3 heteroatoms. The van der Waals surface area contributed by atoms with Crippen molar-refractivity contribution in [2.24, 2.45) is 11.7 Å². The average molecular weight is 172 g/mol. The van der Waals surface area contributed by atoms with Crippen molar-refractivity contribution in [3.05, 3.63) is 0 Å². The Morgan fingerprint density at radius 1 is 1.33 bits per heavy atom. The second kappa shape index (κ2) is 5.14. The van der Waals surface area contributed by atoms with Crippen LogP contribution in [0.1, 0.15) is 27.7 Å². The molecule has 1 atom stereocenters. The van der Waals surface area contributed by atoms with Crippen molar-refractivity contribution in [1.82, 2.24) is 4.90 Å². The van der Waals surface area contributed by atoms with Gasteiger partial charge in [0.15, 0.2) is 0 Å². The fourth-order valence-electron chi connectivity index (χ4n) is 1.03. The Labute approximate surface area is 74.9 Å². The van der Waals surface area contributed by atoms with E-state index >= 15 is 0 Å². The Kier molecular flexibility index (Phi) is 4.90. The molecule has 0 aromatic heterocycles. The van der Waals surface area contributed by atoms with Crippen LogP contribution in [0.5, 0.6) is 0 Å². The molecule has 0 rings (SSSR count). The highest BCUT2D eigenvalue weighted by Crippen LogP contribution is 2.02. The molecule has 0 aromatic rings. The Bertz CT molecular complexity index is 137. The van der Waals surface area contributed by atoms with Gasteiger partial charge in [-0.2, -0.15) is 0 Å². The van der Waals surface area contributed by atoms with Gasteiger partial charge in [0.25, 0.3) is 0 Å². The number of amides is 1. The summed E-state index contributed by atoms with van der Waals surface area (Å²) in [4.78, 5) is 13.3. The molecule has 72 valence electrons. The third kappa shape index (κ3) is 2.81. The number of hydrogen-bond donors (Lipinski definition) is 1. The minimum absolute atomic E-state index is 0.0648.